The molecule has 2 heteroatoms. The Morgan fingerprint density at radius 2 is 1.48 bits per heavy atom. The van der Waals surface area contributed by atoms with Crippen molar-refractivity contribution in [2.45, 2.75) is 6.42 Å². The van der Waals surface area contributed by atoms with Crippen molar-refractivity contribution in [2.75, 3.05) is 0 Å². The van der Waals surface area contributed by atoms with E-state index in [-0.39, 0.29) is 0 Å². The Kier molecular flexibility index (Phi) is 3.75. The van der Waals surface area contributed by atoms with Gasteiger partial charge in [-0.25, -0.2) is 0 Å². The third kappa shape index (κ3) is 2.67. The first kappa shape index (κ1) is 16.8. The summed E-state index contributed by atoms with van der Waals surface area (Å²) in [5.41, 5.74) is 7.50. The van der Waals surface area contributed by atoms with Crippen LogP contribution in [0.2, 0.25) is 0 Å². The predicted octanol–water partition coefficient (Wildman–Crippen LogP) is 8.06. The van der Waals surface area contributed by atoms with Crippen LogP contribution in [0, 0.1) is 0 Å². The van der Waals surface area contributed by atoms with E-state index in [1.807, 2.05) is 12.1 Å². The molecular weight excluding hydrogens is 420 g/mol. The molecule has 3 aromatic carbocycles. The molecule has 0 amide bonds. The van der Waals surface area contributed by atoms with Gasteiger partial charge in [0.05, 0.1) is 0 Å². The van der Waals surface area contributed by atoms with Crippen molar-refractivity contribution in [3.8, 4) is 22.6 Å². The summed E-state index contributed by atoms with van der Waals surface area (Å²) in [6, 6.07) is 29.8. The quantitative estimate of drug-likeness (QED) is 0.272. The van der Waals surface area contributed by atoms with Crippen molar-refractivity contribution in [2.24, 2.45) is 0 Å². The molecule has 1 aliphatic heterocycles. The van der Waals surface area contributed by atoms with Gasteiger partial charge in [0.1, 0.15) is 11.5 Å². The van der Waals surface area contributed by atoms with Crippen molar-refractivity contribution in [3.63, 3.8) is 0 Å². The van der Waals surface area contributed by atoms with Gasteiger partial charge in [0, 0.05) is 21.2 Å². The zero-order valence-electron chi connectivity index (χ0n) is 15.7. The monoisotopic (exact) mass is 436 g/mol. The fourth-order valence-electron chi connectivity index (χ4n) is 4.42. The van der Waals surface area contributed by atoms with Crippen LogP contribution in [0.5, 0.6) is 0 Å². The van der Waals surface area contributed by atoms with Crippen LogP contribution in [0.15, 0.2) is 93.8 Å². The molecule has 0 saturated carbocycles. The second kappa shape index (κ2) is 6.47. The summed E-state index contributed by atoms with van der Waals surface area (Å²) in [5, 5.41) is 2.51. The highest BCUT2D eigenvalue weighted by Crippen LogP contribution is 2.47. The second-order valence-corrected chi connectivity index (χ2v) is 8.43. The molecule has 0 bridgehead atoms. The normalized spacial score (nSPS) is 13.1. The molecule has 0 atom stereocenters. The predicted molar refractivity (Wildman–Crippen MR) is 124 cm³/mol. The topological polar surface area (TPSA) is 13.1 Å². The number of hydrogen-bond acceptors (Lipinski definition) is 1. The van der Waals surface area contributed by atoms with Gasteiger partial charge in [-0.05, 0) is 58.2 Å². The molecule has 1 heterocycles. The Hall–Kier alpha value is -3.10. The summed E-state index contributed by atoms with van der Waals surface area (Å²) in [5.74, 6) is 1.86. The van der Waals surface area contributed by atoms with Crippen LogP contribution < -0.4 is 0 Å². The Balaban J connectivity index is 1.60. The van der Waals surface area contributed by atoms with E-state index in [4.69, 9.17) is 4.42 Å². The van der Waals surface area contributed by atoms with Crippen LogP contribution in [0.1, 0.15) is 16.7 Å². The third-order valence-corrected chi connectivity index (χ3v) is 6.32. The second-order valence-electron chi connectivity index (χ2n) is 7.52. The first-order chi connectivity index (χ1) is 14.3. The van der Waals surface area contributed by atoms with Gasteiger partial charge < -0.3 is 4.42 Å². The molecule has 3 aromatic rings. The molecule has 138 valence electrons. The SMILES string of the molecule is Brc1ccc(-c2ccc3c4ccccc4c(C4=Cc5ccccc5C4)c-3o2)cc1. The average molecular weight is 437 g/mol. The van der Waals surface area contributed by atoms with E-state index in [0.717, 1.165) is 28.0 Å². The Morgan fingerprint density at radius 3 is 2.31 bits per heavy atom. The van der Waals surface area contributed by atoms with E-state index in [1.165, 1.54) is 38.6 Å². The highest BCUT2D eigenvalue weighted by molar-refractivity contribution is 9.10. The van der Waals surface area contributed by atoms with Crippen LogP contribution in [-0.4, -0.2) is 0 Å². The minimum Gasteiger partial charge on any atom is -0.455 e. The zero-order chi connectivity index (χ0) is 19.4. The first-order valence-electron chi connectivity index (χ1n) is 9.77. The van der Waals surface area contributed by atoms with E-state index in [2.05, 4.69) is 94.8 Å². The lowest BCUT2D eigenvalue weighted by atomic mass is 10.0. The standard InChI is InChI=1S/C27H17BrO/c28-21-11-9-17(10-12-21)25-14-13-24-22-7-3-4-8-23(22)26(27(24)29-25)20-15-18-5-1-2-6-19(18)16-20/h1-15H,16H2. The molecule has 0 radical (unpaired) electrons. The van der Waals surface area contributed by atoms with Crippen LogP contribution >= 0.6 is 15.9 Å². The van der Waals surface area contributed by atoms with Crippen molar-refractivity contribution < 1.29 is 4.42 Å². The van der Waals surface area contributed by atoms with Crippen LogP contribution in [-0.2, 0) is 6.42 Å². The maximum absolute atomic E-state index is 6.56. The number of halogens is 1. The zero-order valence-corrected chi connectivity index (χ0v) is 17.2. The molecule has 1 nitrogen and oxygen atoms in total. The number of fused-ring (bicyclic) bond motifs is 4. The smallest absolute Gasteiger partial charge is 0.143 e. The molecule has 0 spiro atoms. The van der Waals surface area contributed by atoms with Gasteiger partial charge >= 0.3 is 0 Å². The number of hydrogen-bond donors (Lipinski definition) is 0. The Labute approximate surface area is 177 Å². The number of rotatable bonds is 2. The van der Waals surface area contributed by atoms with E-state index in [0.29, 0.717) is 0 Å². The highest BCUT2D eigenvalue weighted by Gasteiger charge is 2.25. The lowest BCUT2D eigenvalue weighted by Gasteiger charge is -2.09. The first-order valence-corrected chi connectivity index (χ1v) is 10.6. The lowest BCUT2D eigenvalue weighted by molar-refractivity contribution is 0.582. The summed E-state index contributed by atoms with van der Waals surface area (Å²) < 4.78 is 7.62. The molecule has 0 fully saturated rings. The van der Waals surface area contributed by atoms with E-state index in [1.54, 1.807) is 0 Å². The number of benzene rings is 3. The van der Waals surface area contributed by atoms with E-state index in [9.17, 15) is 0 Å². The van der Waals surface area contributed by atoms with Crippen molar-refractivity contribution in [1.29, 1.82) is 0 Å². The van der Waals surface area contributed by atoms with Gasteiger partial charge in [-0.3, -0.25) is 0 Å². The molecule has 29 heavy (non-hydrogen) atoms. The van der Waals surface area contributed by atoms with Gasteiger partial charge in [-0.2, -0.15) is 0 Å². The largest absolute Gasteiger partial charge is 0.455 e. The number of allylic oxidation sites excluding steroid dienone is 1. The third-order valence-electron chi connectivity index (χ3n) is 5.79. The summed E-state index contributed by atoms with van der Waals surface area (Å²) in [4.78, 5) is 0. The summed E-state index contributed by atoms with van der Waals surface area (Å²) in [7, 11) is 0. The van der Waals surface area contributed by atoms with Crippen molar-refractivity contribution in [1.82, 2.24) is 0 Å². The van der Waals surface area contributed by atoms with Crippen LogP contribution in [0.4, 0.5) is 0 Å². The Morgan fingerprint density at radius 1 is 0.724 bits per heavy atom. The molecule has 3 aliphatic rings. The average Bonchev–Trinajstić information content (AvgIpc) is 3.32. The van der Waals surface area contributed by atoms with E-state index >= 15 is 0 Å². The molecule has 0 N–H and O–H groups in total. The van der Waals surface area contributed by atoms with Gasteiger partial charge in [0.15, 0.2) is 0 Å². The molecule has 0 aromatic heterocycles. The summed E-state index contributed by atoms with van der Waals surface area (Å²) >= 11 is 3.51. The maximum atomic E-state index is 6.56. The minimum absolute atomic E-state index is 0.887. The molecular formula is C27H17BrO. The molecule has 0 unspecified atom stereocenters. The van der Waals surface area contributed by atoms with Gasteiger partial charge in [0.2, 0.25) is 0 Å². The molecule has 0 saturated heterocycles. The molecule has 2 aliphatic carbocycles. The molecule has 6 rings (SSSR count). The van der Waals surface area contributed by atoms with Gasteiger partial charge in [0.25, 0.3) is 0 Å². The van der Waals surface area contributed by atoms with Crippen molar-refractivity contribution >= 4 is 38.4 Å². The maximum Gasteiger partial charge on any atom is 0.143 e. The van der Waals surface area contributed by atoms with E-state index < -0.39 is 0 Å². The van der Waals surface area contributed by atoms with Crippen LogP contribution in [0.25, 0.3) is 45.1 Å². The van der Waals surface area contributed by atoms with Crippen molar-refractivity contribution in [3.05, 3.63) is 106 Å². The lowest BCUT2D eigenvalue weighted by Crippen LogP contribution is -1.88. The van der Waals surface area contributed by atoms with Crippen LogP contribution in [0.3, 0.4) is 0 Å². The summed E-state index contributed by atoms with van der Waals surface area (Å²) in [6.07, 6.45) is 3.26. The van der Waals surface area contributed by atoms with Gasteiger partial charge in [-0.15, -0.1) is 0 Å². The fourth-order valence-corrected chi connectivity index (χ4v) is 4.68. The highest BCUT2D eigenvalue weighted by atomic mass is 79.9. The van der Waals surface area contributed by atoms with Gasteiger partial charge in [-0.1, -0.05) is 82.7 Å². The minimum atomic E-state index is 0.887. The fraction of sp³-hybridized carbons (Fsp3) is 0.0370. The summed E-state index contributed by atoms with van der Waals surface area (Å²) in [6.45, 7) is 0. The Bertz CT molecular complexity index is 1370.